The first-order chi connectivity index (χ1) is 9.74. The molecule has 0 bridgehead atoms. The Morgan fingerprint density at radius 3 is 2.30 bits per heavy atom. The van der Waals surface area contributed by atoms with Gasteiger partial charge < -0.3 is 14.5 Å². The molecule has 0 unspecified atom stereocenters. The Labute approximate surface area is 120 Å². The fourth-order valence-corrected chi connectivity index (χ4v) is 2.86. The molecule has 3 rings (SSSR count). The van der Waals surface area contributed by atoms with Gasteiger partial charge in [0, 0.05) is 12.1 Å². The minimum atomic E-state index is -0.173. The molecule has 4 nitrogen and oxygen atoms in total. The molecule has 1 aromatic carbocycles. The van der Waals surface area contributed by atoms with Crippen molar-refractivity contribution in [2.75, 3.05) is 20.1 Å². The van der Waals surface area contributed by atoms with Gasteiger partial charge in [0.2, 0.25) is 0 Å². The molecule has 1 aliphatic carbocycles. The van der Waals surface area contributed by atoms with Gasteiger partial charge in [-0.15, -0.1) is 0 Å². The van der Waals surface area contributed by atoms with Crippen LogP contribution in [-0.4, -0.2) is 48.1 Å². The van der Waals surface area contributed by atoms with Gasteiger partial charge in [-0.25, -0.2) is 4.79 Å². The van der Waals surface area contributed by atoms with E-state index in [0.717, 1.165) is 38.8 Å². The van der Waals surface area contributed by atoms with E-state index in [9.17, 15) is 4.79 Å². The third kappa shape index (κ3) is 3.12. The van der Waals surface area contributed by atoms with E-state index in [1.165, 1.54) is 0 Å². The molecule has 0 aromatic heterocycles. The molecule has 4 heteroatoms. The molecule has 0 atom stereocenters. The van der Waals surface area contributed by atoms with Crippen LogP contribution >= 0.6 is 0 Å². The number of amides is 1. The van der Waals surface area contributed by atoms with Gasteiger partial charge in [-0.1, -0.05) is 18.2 Å². The number of carbonyl (C=O) groups is 1. The van der Waals surface area contributed by atoms with Crippen molar-refractivity contribution < 1.29 is 9.53 Å². The number of rotatable bonds is 3. The zero-order chi connectivity index (χ0) is 13.9. The van der Waals surface area contributed by atoms with Crippen LogP contribution in [0.1, 0.15) is 25.7 Å². The predicted molar refractivity (Wildman–Crippen MR) is 77.8 cm³/mol. The number of piperidine rings is 1. The monoisotopic (exact) mass is 274 g/mol. The highest BCUT2D eigenvalue weighted by Crippen LogP contribution is 2.32. The van der Waals surface area contributed by atoms with Crippen molar-refractivity contribution >= 4 is 6.09 Å². The molecule has 20 heavy (non-hydrogen) atoms. The van der Waals surface area contributed by atoms with Gasteiger partial charge in [-0.3, -0.25) is 0 Å². The number of likely N-dealkylation sites (tertiary alicyclic amines) is 1. The average molecular weight is 274 g/mol. The van der Waals surface area contributed by atoms with Crippen LogP contribution in [-0.2, 0) is 0 Å². The number of ether oxygens (including phenoxy) is 1. The summed E-state index contributed by atoms with van der Waals surface area (Å²) < 4.78 is 5.53. The molecule has 0 N–H and O–H groups in total. The Kier molecular flexibility index (Phi) is 3.92. The number of hydrogen-bond donors (Lipinski definition) is 0. The number of hydrogen-bond acceptors (Lipinski definition) is 3. The maximum absolute atomic E-state index is 12.5. The fourth-order valence-electron chi connectivity index (χ4n) is 2.86. The Balaban J connectivity index is 1.66. The van der Waals surface area contributed by atoms with Gasteiger partial charge in [-0.05, 0) is 58.0 Å². The topological polar surface area (TPSA) is 32.8 Å². The number of para-hydroxylation sites is 1. The smallest absolute Gasteiger partial charge is 0.410 e. The Hall–Kier alpha value is -1.55. The first-order valence-electron chi connectivity index (χ1n) is 7.48. The maximum atomic E-state index is 12.5. The normalized spacial score (nSPS) is 20.6. The van der Waals surface area contributed by atoms with Crippen LogP contribution in [0.15, 0.2) is 30.3 Å². The minimum absolute atomic E-state index is 0.173. The van der Waals surface area contributed by atoms with Gasteiger partial charge in [0.05, 0.1) is 0 Å². The predicted octanol–water partition coefficient (Wildman–Crippen LogP) is 2.74. The van der Waals surface area contributed by atoms with Crippen LogP contribution in [0.3, 0.4) is 0 Å². The van der Waals surface area contributed by atoms with E-state index < -0.39 is 0 Å². The summed E-state index contributed by atoms with van der Waals surface area (Å²) in [6.45, 7) is 2.12. The van der Waals surface area contributed by atoms with Gasteiger partial charge >= 0.3 is 6.09 Å². The highest BCUT2D eigenvalue weighted by Gasteiger charge is 2.39. The van der Waals surface area contributed by atoms with Crippen molar-refractivity contribution in [3.8, 4) is 5.75 Å². The lowest BCUT2D eigenvalue weighted by atomic mass is 10.0. The molecule has 1 heterocycles. The molecule has 1 aliphatic heterocycles. The van der Waals surface area contributed by atoms with Crippen LogP contribution < -0.4 is 4.74 Å². The molecule has 1 saturated carbocycles. The van der Waals surface area contributed by atoms with Crippen molar-refractivity contribution in [3.63, 3.8) is 0 Å². The molecule has 1 amide bonds. The highest BCUT2D eigenvalue weighted by molar-refractivity contribution is 5.72. The van der Waals surface area contributed by atoms with Gasteiger partial charge in [0.25, 0.3) is 0 Å². The van der Waals surface area contributed by atoms with E-state index in [-0.39, 0.29) is 6.09 Å². The molecular weight excluding hydrogens is 252 g/mol. The van der Waals surface area contributed by atoms with E-state index in [2.05, 4.69) is 11.9 Å². The SMILES string of the molecule is CN1CCC(N(C(=O)Oc2ccccc2)C2CC2)CC1. The van der Waals surface area contributed by atoms with Crippen molar-refractivity contribution in [1.82, 2.24) is 9.80 Å². The second kappa shape index (κ2) is 5.83. The molecular formula is C16H22N2O2. The fraction of sp³-hybridized carbons (Fsp3) is 0.562. The summed E-state index contributed by atoms with van der Waals surface area (Å²) in [5.74, 6) is 0.635. The van der Waals surface area contributed by atoms with E-state index in [0.29, 0.717) is 17.8 Å². The average Bonchev–Trinajstić information content (AvgIpc) is 3.27. The van der Waals surface area contributed by atoms with Crippen LogP contribution in [0.4, 0.5) is 4.79 Å². The Bertz CT molecular complexity index is 451. The number of carbonyl (C=O) groups excluding carboxylic acids is 1. The number of nitrogens with zero attached hydrogens (tertiary/aromatic N) is 2. The summed E-state index contributed by atoms with van der Waals surface area (Å²) in [5, 5.41) is 0. The summed E-state index contributed by atoms with van der Waals surface area (Å²) >= 11 is 0. The molecule has 0 radical (unpaired) electrons. The lowest BCUT2D eigenvalue weighted by molar-refractivity contribution is 0.0977. The summed E-state index contributed by atoms with van der Waals surface area (Å²) in [5.41, 5.74) is 0. The molecule has 2 aliphatic rings. The van der Waals surface area contributed by atoms with E-state index in [1.54, 1.807) is 0 Å². The second-order valence-electron chi connectivity index (χ2n) is 5.85. The van der Waals surface area contributed by atoms with Crippen LogP contribution in [0.2, 0.25) is 0 Å². The number of benzene rings is 1. The van der Waals surface area contributed by atoms with Crippen molar-refractivity contribution in [3.05, 3.63) is 30.3 Å². The largest absolute Gasteiger partial charge is 0.415 e. The molecule has 2 fully saturated rings. The molecule has 108 valence electrons. The minimum Gasteiger partial charge on any atom is -0.410 e. The van der Waals surface area contributed by atoms with E-state index in [4.69, 9.17) is 4.74 Å². The van der Waals surface area contributed by atoms with Gasteiger partial charge in [-0.2, -0.15) is 0 Å². The zero-order valence-electron chi connectivity index (χ0n) is 12.0. The van der Waals surface area contributed by atoms with Crippen LogP contribution in [0.25, 0.3) is 0 Å². The maximum Gasteiger partial charge on any atom is 0.415 e. The lowest BCUT2D eigenvalue weighted by Gasteiger charge is -2.36. The van der Waals surface area contributed by atoms with Crippen molar-refractivity contribution in [2.24, 2.45) is 0 Å². The summed E-state index contributed by atoms with van der Waals surface area (Å²) in [7, 11) is 2.14. The van der Waals surface area contributed by atoms with Gasteiger partial charge in [0.1, 0.15) is 5.75 Å². The van der Waals surface area contributed by atoms with E-state index >= 15 is 0 Å². The quantitative estimate of drug-likeness (QED) is 0.849. The standard InChI is InChI=1S/C16H22N2O2/c1-17-11-9-14(10-12-17)18(13-7-8-13)16(19)20-15-5-3-2-4-6-15/h2-6,13-14H,7-12H2,1H3. The highest BCUT2D eigenvalue weighted by atomic mass is 16.6. The van der Waals surface area contributed by atoms with Crippen molar-refractivity contribution in [1.29, 1.82) is 0 Å². The van der Waals surface area contributed by atoms with Crippen molar-refractivity contribution in [2.45, 2.75) is 37.8 Å². The summed E-state index contributed by atoms with van der Waals surface area (Å²) in [6.07, 6.45) is 4.17. The Morgan fingerprint density at radius 1 is 1.10 bits per heavy atom. The molecule has 0 spiro atoms. The Morgan fingerprint density at radius 2 is 1.70 bits per heavy atom. The summed E-state index contributed by atoms with van der Waals surface area (Å²) in [6, 6.07) is 10.1. The van der Waals surface area contributed by atoms with Crippen LogP contribution in [0.5, 0.6) is 5.75 Å². The second-order valence-corrected chi connectivity index (χ2v) is 5.85. The van der Waals surface area contributed by atoms with Crippen LogP contribution in [0, 0.1) is 0 Å². The first kappa shape index (κ1) is 13.4. The van der Waals surface area contributed by atoms with Gasteiger partial charge in [0.15, 0.2) is 0 Å². The lowest BCUT2D eigenvalue weighted by Crippen LogP contribution is -2.48. The zero-order valence-corrected chi connectivity index (χ0v) is 12.0. The third-order valence-corrected chi connectivity index (χ3v) is 4.18. The van der Waals surface area contributed by atoms with E-state index in [1.807, 2.05) is 35.2 Å². The third-order valence-electron chi connectivity index (χ3n) is 4.18. The molecule has 1 aromatic rings. The summed E-state index contributed by atoms with van der Waals surface area (Å²) in [4.78, 5) is 16.8. The molecule has 1 saturated heterocycles. The first-order valence-corrected chi connectivity index (χ1v) is 7.48.